The Morgan fingerprint density at radius 1 is 1.40 bits per heavy atom. The number of hydrogen-bond acceptors (Lipinski definition) is 2. The SMILES string of the molecule is COc1cc2cc[nH]c2cc1CCCO. The summed E-state index contributed by atoms with van der Waals surface area (Å²) in [5.41, 5.74) is 2.25. The van der Waals surface area contributed by atoms with Crippen molar-refractivity contribution in [2.24, 2.45) is 0 Å². The molecule has 80 valence electrons. The zero-order valence-corrected chi connectivity index (χ0v) is 8.79. The molecule has 0 unspecified atom stereocenters. The van der Waals surface area contributed by atoms with Crippen molar-refractivity contribution >= 4 is 10.9 Å². The van der Waals surface area contributed by atoms with Crippen molar-refractivity contribution < 1.29 is 9.84 Å². The van der Waals surface area contributed by atoms with Crippen molar-refractivity contribution in [3.05, 3.63) is 30.0 Å². The second-order valence-electron chi connectivity index (χ2n) is 3.56. The zero-order chi connectivity index (χ0) is 10.7. The minimum Gasteiger partial charge on any atom is -0.496 e. The van der Waals surface area contributed by atoms with Crippen molar-refractivity contribution in [3.63, 3.8) is 0 Å². The van der Waals surface area contributed by atoms with Gasteiger partial charge in [-0.05, 0) is 36.6 Å². The zero-order valence-electron chi connectivity index (χ0n) is 8.79. The highest BCUT2D eigenvalue weighted by Crippen LogP contribution is 2.26. The van der Waals surface area contributed by atoms with E-state index in [1.807, 2.05) is 18.3 Å². The Kier molecular flexibility index (Phi) is 2.92. The number of aliphatic hydroxyl groups is 1. The molecule has 0 aliphatic heterocycles. The molecule has 2 N–H and O–H groups in total. The minimum absolute atomic E-state index is 0.214. The summed E-state index contributed by atoms with van der Waals surface area (Å²) in [4.78, 5) is 3.17. The first-order chi connectivity index (χ1) is 7.35. The van der Waals surface area contributed by atoms with E-state index in [4.69, 9.17) is 9.84 Å². The maximum atomic E-state index is 8.82. The number of aromatic nitrogens is 1. The quantitative estimate of drug-likeness (QED) is 0.802. The number of aryl methyl sites for hydroxylation is 1. The molecule has 2 aromatic rings. The first-order valence-corrected chi connectivity index (χ1v) is 5.10. The van der Waals surface area contributed by atoms with Gasteiger partial charge in [-0.15, -0.1) is 0 Å². The van der Waals surface area contributed by atoms with E-state index in [1.165, 1.54) is 0 Å². The van der Waals surface area contributed by atoms with Gasteiger partial charge in [-0.25, -0.2) is 0 Å². The molecule has 1 aromatic carbocycles. The number of H-pyrrole nitrogens is 1. The van der Waals surface area contributed by atoms with Crippen LogP contribution in [-0.2, 0) is 6.42 Å². The van der Waals surface area contributed by atoms with Crippen LogP contribution in [0.4, 0.5) is 0 Å². The lowest BCUT2D eigenvalue weighted by Gasteiger charge is -2.08. The number of ether oxygens (including phenoxy) is 1. The predicted octanol–water partition coefficient (Wildman–Crippen LogP) is 2.10. The van der Waals surface area contributed by atoms with Crippen LogP contribution in [-0.4, -0.2) is 23.8 Å². The molecule has 0 atom stereocenters. The Morgan fingerprint density at radius 3 is 3.00 bits per heavy atom. The van der Waals surface area contributed by atoms with Gasteiger partial charge in [0.05, 0.1) is 7.11 Å². The van der Waals surface area contributed by atoms with Crippen LogP contribution < -0.4 is 4.74 Å². The summed E-state index contributed by atoms with van der Waals surface area (Å²) in [7, 11) is 1.68. The van der Waals surface area contributed by atoms with Crippen molar-refractivity contribution in [1.29, 1.82) is 0 Å². The lowest BCUT2D eigenvalue weighted by atomic mass is 10.1. The molecule has 15 heavy (non-hydrogen) atoms. The molecule has 1 aromatic heterocycles. The van der Waals surface area contributed by atoms with Crippen molar-refractivity contribution in [2.45, 2.75) is 12.8 Å². The van der Waals surface area contributed by atoms with Gasteiger partial charge in [0, 0.05) is 23.7 Å². The van der Waals surface area contributed by atoms with Crippen LogP contribution in [0.2, 0.25) is 0 Å². The molecule has 0 fully saturated rings. The topological polar surface area (TPSA) is 45.2 Å². The molecule has 0 spiro atoms. The minimum atomic E-state index is 0.214. The van der Waals surface area contributed by atoms with Crippen LogP contribution in [0.25, 0.3) is 10.9 Å². The summed E-state index contributed by atoms with van der Waals surface area (Å²) in [6, 6.07) is 6.13. The van der Waals surface area contributed by atoms with E-state index in [1.54, 1.807) is 7.11 Å². The lowest BCUT2D eigenvalue weighted by molar-refractivity contribution is 0.288. The molecular weight excluding hydrogens is 190 g/mol. The van der Waals surface area contributed by atoms with Crippen LogP contribution in [0.5, 0.6) is 5.75 Å². The average Bonchev–Trinajstić information content (AvgIpc) is 2.71. The largest absolute Gasteiger partial charge is 0.496 e. The third kappa shape index (κ3) is 1.97. The summed E-state index contributed by atoms with van der Waals surface area (Å²) in [6.45, 7) is 0.214. The normalized spacial score (nSPS) is 10.8. The first kappa shape index (κ1) is 10.1. The van der Waals surface area contributed by atoms with Crippen LogP contribution in [0.3, 0.4) is 0 Å². The number of fused-ring (bicyclic) bond motifs is 1. The summed E-state index contributed by atoms with van der Waals surface area (Å²) in [5, 5.41) is 9.97. The second kappa shape index (κ2) is 4.36. The fraction of sp³-hybridized carbons (Fsp3) is 0.333. The maximum Gasteiger partial charge on any atom is 0.122 e. The molecule has 2 rings (SSSR count). The summed E-state index contributed by atoms with van der Waals surface area (Å²) < 4.78 is 5.32. The Hall–Kier alpha value is -1.48. The number of hydrogen-bond donors (Lipinski definition) is 2. The number of aromatic amines is 1. The highest BCUT2D eigenvalue weighted by atomic mass is 16.5. The highest BCUT2D eigenvalue weighted by Gasteiger charge is 2.05. The molecule has 3 nitrogen and oxygen atoms in total. The third-order valence-corrected chi connectivity index (χ3v) is 2.56. The highest BCUT2D eigenvalue weighted by molar-refractivity contribution is 5.82. The first-order valence-electron chi connectivity index (χ1n) is 5.10. The lowest BCUT2D eigenvalue weighted by Crippen LogP contribution is -1.94. The Labute approximate surface area is 88.7 Å². The molecular formula is C12H15NO2. The smallest absolute Gasteiger partial charge is 0.122 e. The summed E-state index contributed by atoms with van der Waals surface area (Å²) in [6.07, 6.45) is 3.52. The van der Waals surface area contributed by atoms with E-state index in [-0.39, 0.29) is 6.61 Å². The maximum absolute atomic E-state index is 8.82. The van der Waals surface area contributed by atoms with Gasteiger partial charge in [0.15, 0.2) is 0 Å². The standard InChI is InChI=1S/C12H15NO2/c1-15-12-8-9-4-5-13-11(9)7-10(12)3-2-6-14/h4-5,7-8,13-14H,2-3,6H2,1H3. The summed E-state index contributed by atoms with van der Waals surface area (Å²) >= 11 is 0. The number of aliphatic hydroxyl groups excluding tert-OH is 1. The van der Waals surface area contributed by atoms with Gasteiger partial charge >= 0.3 is 0 Å². The number of rotatable bonds is 4. The van der Waals surface area contributed by atoms with E-state index in [0.29, 0.717) is 0 Å². The van der Waals surface area contributed by atoms with Gasteiger partial charge in [0.2, 0.25) is 0 Å². The van der Waals surface area contributed by atoms with Crippen LogP contribution in [0.15, 0.2) is 24.4 Å². The molecule has 0 bridgehead atoms. The molecule has 0 saturated heterocycles. The molecule has 0 radical (unpaired) electrons. The fourth-order valence-corrected chi connectivity index (χ4v) is 1.78. The molecule has 0 saturated carbocycles. The van der Waals surface area contributed by atoms with E-state index >= 15 is 0 Å². The van der Waals surface area contributed by atoms with Crippen molar-refractivity contribution in [2.75, 3.05) is 13.7 Å². The molecule has 3 heteroatoms. The number of nitrogens with one attached hydrogen (secondary N) is 1. The van der Waals surface area contributed by atoms with Gasteiger partial charge in [-0.3, -0.25) is 0 Å². The van der Waals surface area contributed by atoms with E-state index in [9.17, 15) is 0 Å². The van der Waals surface area contributed by atoms with Crippen molar-refractivity contribution in [3.8, 4) is 5.75 Å². The molecule has 1 heterocycles. The van der Waals surface area contributed by atoms with Gasteiger partial charge in [-0.1, -0.05) is 0 Å². The van der Waals surface area contributed by atoms with E-state index in [0.717, 1.165) is 35.1 Å². The van der Waals surface area contributed by atoms with E-state index in [2.05, 4.69) is 11.1 Å². The van der Waals surface area contributed by atoms with Crippen molar-refractivity contribution in [1.82, 2.24) is 4.98 Å². The Balaban J connectivity index is 2.40. The number of benzene rings is 1. The third-order valence-electron chi connectivity index (χ3n) is 2.56. The predicted molar refractivity (Wildman–Crippen MR) is 60.3 cm³/mol. The van der Waals surface area contributed by atoms with E-state index < -0.39 is 0 Å². The van der Waals surface area contributed by atoms with Gasteiger partial charge < -0.3 is 14.8 Å². The second-order valence-corrected chi connectivity index (χ2v) is 3.56. The van der Waals surface area contributed by atoms with Crippen LogP contribution in [0.1, 0.15) is 12.0 Å². The van der Waals surface area contributed by atoms with Crippen LogP contribution >= 0.6 is 0 Å². The average molecular weight is 205 g/mol. The fourth-order valence-electron chi connectivity index (χ4n) is 1.78. The van der Waals surface area contributed by atoms with Crippen LogP contribution in [0, 0.1) is 0 Å². The summed E-state index contributed by atoms with van der Waals surface area (Å²) in [5.74, 6) is 0.899. The molecule has 0 aliphatic carbocycles. The molecule has 0 aliphatic rings. The Morgan fingerprint density at radius 2 is 2.27 bits per heavy atom. The van der Waals surface area contributed by atoms with Gasteiger partial charge in [0.25, 0.3) is 0 Å². The molecule has 0 amide bonds. The monoisotopic (exact) mass is 205 g/mol. The Bertz CT molecular complexity index is 448. The van der Waals surface area contributed by atoms with Gasteiger partial charge in [-0.2, -0.15) is 0 Å². The number of methoxy groups -OCH3 is 1. The van der Waals surface area contributed by atoms with Gasteiger partial charge in [0.1, 0.15) is 5.75 Å².